The van der Waals surface area contributed by atoms with E-state index < -0.39 is 0 Å². The van der Waals surface area contributed by atoms with Crippen LogP contribution < -0.4 is 5.32 Å². The monoisotopic (exact) mass is 375 g/mol. The van der Waals surface area contributed by atoms with E-state index in [2.05, 4.69) is 65.7 Å². The molecule has 0 amide bonds. The molecule has 2 aromatic carbocycles. The molecule has 4 rings (SSSR count). The van der Waals surface area contributed by atoms with Gasteiger partial charge in [0.2, 0.25) is 0 Å². The van der Waals surface area contributed by atoms with Gasteiger partial charge in [0.25, 0.3) is 0 Å². The van der Waals surface area contributed by atoms with Crippen LogP contribution >= 0.6 is 0 Å². The Bertz CT molecular complexity index is 859. The van der Waals surface area contributed by atoms with Gasteiger partial charge in [0.15, 0.2) is 0 Å². The van der Waals surface area contributed by atoms with Crippen LogP contribution in [0, 0.1) is 0 Å². The van der Waals surface area contributed by atoms with Crippen LogP contribution in [0.2, 0.25) is 0 Å². The zero-order valence-corrected chi connectivity index (χ0v) is 16.6. The summed E-state index contributed by atoms with van der Waals surface area (Å²) < 4.78 is 0. The van der Waals surface area contributed by atoms with E-state index in [0.717, 1.165) is 36.6 Å². The van der Waals surface area contributed by atoms with Crippen LogP contribution in [0.25, 0.3) is 11.3 Å². The quantitative estimate of drug-likeness (QED) is 0.654. The highest BCUT2D eigenvalue weighted by Crippen LogP contribution is 2.21. The Hall–Kier alpha value is -2.50. The average Bonchev–Trinajstić information content (AvgIpc) is 3.36. The molecule has 28 heavy (non-hydrogen) atoms. The van der Waals surface area contributed by atoms with Gasteiger partial charge >= 0.3 is 0 Å². The number of likely N-dealkylation sites (N-methyl/N-ethyl adjacent to an activating group) is 1. The second-order valence-electron chi connectivity index (χ2n) is 7.43. The lowest BCUT2D eigenvalue weighted by Crippen LogP contribution is -2.37. The van der Waals surface area contributed by atoms with Crippen molar-refractivity contribution in [2.45, 2.75) is 38.9 Å². The van der Waals surface area contributed by atoms with Crippen molar-refractivity contribution in [3.63, 3.8) is 0 Å². The molecule has 2 heterocycles. The highest BCUT2D eigenvalue weighted by Gasteiger charge is 2.22. The molecule has 0 radical (unpaired) electrons. The summed E-state index contributed by atoms with van der Waals surface area (Å²) in [5.41, 5.74) is 4.32. The molecule has 1 atom stereocenters. The zero-order chi connectivity index (χ0) is 19.2. The third kappa shape index (κ3) is 4.49. The number of rotatable bonds is 8. The second kappa shape index (κ2) is 9.13. The van der Waals surface area contributed by atoms with E-state index in [4.69, 9.17) is 10.2 Å². The van der Waals surface area contributed by atoms with E-state index in [-0.39, 0.29) is 0 Å². The maximum Gasteiger partial charge on any atom is 0.117 e. The van der Waals surface area contributed by atoms with Crippen molar-refractivity contribution in [2.24, 2.45) is 0 Å². The fraction of sp³-hybridized carbons (Fsp3) is 0.391. The molecule has 5 nitrogen and oxygen atoms in total. The van der Waals surface area contributed by atoms with E-state index in [0.29, 0.717) is 12.6 Å². The summed E-state index contributed by atoms with van der Waals surface area (Å²) in [5, 5.41) is 13.3. The molecule has 0 spiro atoms. The van der Waals surface area contributed by atoms with Crippen molar-refractivity contribution in [3.05, 3.63) is 71.9 Å². The number of likely N-dealkylation sites (tertiary alicyclic amines) is 1. The van der Waals surface area contributed by atoms with Gasteiger partial charge in [0.1, 0.15) is 11.4 Å². The summed E-state index contributed by atoms with van der Waals surface area (Å²) in [4.78, 5) is 4.39. The second-order valence-corrected chi connectivity index (χ2v) is 7.43. The lowest BCUT2D eigenvalue weighted by Gasteiger charge is -2.22. The normalized spacial score (nSPS) is 17.2. The van der Waals surface area contributed by atoms with Crippen molar-refractivity contribution in [1.29, 1.82) is 0 Å². The van der Waals surface area contributed by atoms with E-state index in [1.54, 1.807) is 0 Å². The van der Waals surface area contributed by atoms with Crippen LogP contribution in [0.15, 0.2) is 60.7 Å². The maximum atomic E-state index is 4.81. The van der Waals surface area contributed by atoms with Gasteiger partial charge in [-0.2, -0.15) is 15.0 Å². The molecule has 0 unspecified atom stereocenters. The molecule has 5 heteroatoms. The van der Waals surface area contributed by atoms with Gasteiger partial charge in [0, 0.05) is 24.7 Å². The Balaban J connectivity index is 1.49. The van der Waals surface area contributed by atoms with Crippen LogP contribution in [-0.4, -0.2) is 45.6 Å². The van der Waals surface area contributed by atoms with Crippen molar-refractivity contribution in [2.75, 3.05) is 19.6 Å². The number of aromatic nitrogens is 3. The van der Waals surface area contributed by atoms with Gasteiger partial charge in [0.05, 0.1) is 6.54 Å². The summed E-state index contributed by atoms with van der Waals surface area (Å²) in [7, 11) is 0. The molecule has 3 aromatic rings. The van der Waals surface area contributed by atoms with Crippen molar-refractivity contribution < 1.29 is 0 Å². The maximum absolute atomic E-state index is 4.81. The SMILES string of the molecule is CCN1CCC[C@@H]1CNCc1nn(Cc2ccccc2)nc1-c1ccccc1. The number of hydrogen-bond acceptors (Lipinski definition) is 4. The van der Waals surface area contributed by atoms with E-state index >= 15 is 0 Å². The first-order valence-corrected chi connectivity index (χ1v) is 10.3. The molecule has 1 aromatic heterocycles. The Morgan fingerprint density at radius 2 is 1.75 bits per heavy atom. The molecule has 0 saturated carbocycles. The number of benzene rings is 2. The minimum Gasteiger partial charge on any atom is -0.309 e. The Morgan fingerprint density at radius 1 is 1.00 bits per heavy atom. The Labute approximate surface area is 167 Å². The predicted octanol–water partition coefficient (Wildman–Crippen LogP) is 3.57. The largest absolute Gasteiger partial charge is 0.309 e. The summed E-state index contributed by atoms with van der Waals surface area (Å²) >= 11 is 0. The number of hydrogen-bond donors (Lipinski definition) is 1. The first kappa shape index (κ1) is 18.8. The van der Waals surface area contributed by atoms with E-state index in [1.165, 1.54) is 24.9 Å². The van der Waals surface area contributed by atoms with E-state index in [9.17, 15) is 0 Å². The van der Waals surface area contributed by atoms with Gasteiger partial charge in [-0.25, -0.2) is 0 Å². The van der Waals surface area contributed by atoms with Crippen LogP contribution in [0.5, 0.6) is 0 Å². The van der Waals surface area contributed by atoms with Crippen LogP contribution in [-0.2, 0) is 13.1 Å². The van der Waals surface area contributed by atoms with Crippen LogP contribution in [0.1, 0.15) is 31.0 Å². The lowest BCUT2D eigenvalue weighted by molar-refractivity contribution is 0.259. The van der Waals surface area contributed by atoms with Gasteiger partial charge in [-0.05, 0) is 31.5 Å². The fourth-order valence-electron chi connectivity index (χ4n) is 4.04. The average molecular weight is 376 g/mol. The van der Waals surface area contributed by atoms with Crippen molar-refractivity contribution >= 4 is 0 Å². The van der Waals surface area contributed by atoms with Gasteiger partial charge in [-0.15, -0.1) is 0 Å². The molecular weight excluding hydrogens is 346 g/mol. The highest BCUT2D eigenvalue weighted by molar-refractivity contribution is 5.60. The first-order valence-electron chi connectivity index (χ1n) is 10.3. The summed E-state index contributed by atoms with van der Waals surface area (Å²) in [6, 6.07) is 21.4. The molecule has 1 saturated heterocycles. The molecule has 146 valence electrons. The topological polar surface area (TPSA) is 46.0 Å². The van der Waals surface area contributed by atoms with Crippen LogP contribution in [0.4, 0.5) is 0 Å². The first-order chi connectivity index (χ1) is 13.8. The van der Waals surface area contributed by atoms with Crippen molar-refractivity contribution in [1.82, 2.24) is 25.2 Å². The third-order valence-electron chi connectivity index (χ3n) is 5.52. The van der Waals surface area contributed by atoms with Gasteiger partial charge in [-0.3, -0.25) is 4.90 Å². The fourth-order valence-corrected chi connectivity index (χ4v) is 4.04. The summed E-state index contributed by atoms with van der Waals surface area (Å²) in [5.74, 6) is 0. The molecule has 0 bridgehead atoms. The molecule has 1 aliphatic heterocycles. The molecule has 1 N–H and O–H groups in total. The minimum absolute atomic E-state index is 0.643. The molecular formula is C23H29N5. The van der Waals surface area contributed by atoms with E-state index in [1.807, 2.05) is 16.9 Å². The molecule has 0 aliphatic carbocycles. The highest BCUT2D eigenvalue weighted by atomic mass is 15.5. The standard InChI is InChI=1S/C23H29N5/c1-2-27-15-9-14-21(27)16-24-17-22-23(20-12-7-4-8-13-20)26-28(25-22)18-19-10-5-3-6-11-19/h3-8,10-13,21,24H,2,9,14-18H2,1H3/t21-/m1/s1. The molecule has 1 fully saturated rings. The molecule has 1 aliphatic rings. The van der Waals surface area contributed by atoms with Gasteiger partial charge < -0.3 is 5.32 Å². The van der Waals surface area contributed by atoms with Gasteiger partial charge in [-0.1, -0.05) is 67.6 Å². The van der Waals surface area contributed by atoms with Crippen LogP contribution in [0.3, 0.4) is 0 Å². The summed E-state index contributed by atoms with van der Waals surface area (Å²) in [6.07, 6.45) is 2.59. The Morgan fingerprint density at radius 3 is 2.50 bits per heavy atom. The number of nitrogens with one attached hydrogen (secondary N) is 1. The zero-order valence-electron chi connectivity index (χ0n) is 16.6. The smallest absolute Gasteiger partial charge is 0.117 e. The lowest BCUT2D eigenvalue weighted by atomic mass is 10.1. The Kier molecular flexibility index (Phi) is 6.14. The minimum atomic E-state index is 0.643. The predicted molar refractivity (Wildman–Crippen MR) is 113 cm³/mol. The summed E-state index contributed by atoms with van der Waals surface area (Å²) in [6.45, 7) is 7.05. The number of nitrogens with zero attached hydrogens (tertiary/aromatic N) is 4. The third-order valence-corrected chi connectivity index (χ3v) is 5.52. The van der Waals surface area contributed by atoms with Crippen molar-refractivity contribution in [3.8, 4) is 11.3 Å².